The van der Waals surface area contributed by atoms with Crippen LogP contribution >= 0.6 is 0 Å². The van der Waals surface area contributed by atoms with Crippen LogP contribution in [0, 0.1) is 0 Å². The molecule has 116 valence electrons. The molecule has 0 bridgehead atoms. The molecule has 0 saturated heterocycles. The van der Waals surface area contributed by atoms with Gasteiger partial charge in [0.2, 0.25) is 0 Å². The molecule has 0 aliphatic carbocycles. The zero-order valence-corrected chi connectivity index (χ0v) is 12.0. The third-order valence-corrected chi connectivity index (χ3v) is 3.24. The summed E-state index contributed by atoms with van der Waals surface area (Å²) in [6.45, 7) is 0. The Labute approximate surface area is 131 Å². The van der Waals surface area contributed by atoms with E-state index in [4.69, 9.17) is 10.4 Å². The lowest BCUT2D eigenvalue weighted by molar-refractivity contribution is 0.0279. The lowest BCUT2D eigenvalue weighted by Gasteiger charge is -2.10. The number of phenols is 1. The van der Waals surface area contributed by atoms with Gasteiger partial charge in [-0.05, 0) is 30.3 Å². The molecule has 3 rings (SSSR count). The van der Waals surface area contributed by atoms with E-state index in [0.29, 0.717) is 11.4 Å². The van der Waals surface area contributed by atoms with Crippen LogP contribution in [0.3, 0.4) is 0 Å². The Morgan fingerprint density at radius 3 is 2.65 bits per heavy atom. The van der Waals surface area contributed by atoms with Crippen molar-refractivity contribution in [3.8, 4) is 5.75 Å². The molecule has 0 atom stereocenters. The smallest absolute Gasteiger partial charge is 0.152 e. The van der Waals surface area contributed by atoms with Crippen molar-refractivity contribution in [3.05, 3.63) is 60.2 Å². The summed E-state index contributed by atoms with van der Waals surface area (Å²) in [4.78, 5) is 4.40. The van der Waals surface area contributed by atoms with Crippen molar-refractivity contribution in [3.63, 3.8) is 0 Å². The van der Waals surface area contributed by atoms with Crippen LogP contribution in [0.25, 0.3) is 10.9 Å². The molecule has 0 radical (unpaired) electrons. The number of pyridine rings is 1. The summed E-state index contributed by atoms with van der Waals surface area (Å²) in [6.07, 6.45) is 1.36. The maximum absolute atomic E-state index is 9.90. The summed E-state index contributed by atoms with van der Waals surface area (Å²) in [5, 5.41) is 32.8. The van der Waals surface area contributed by atoms with Gasteiger partial charge in [0.05, 0.1) is 11.7 Å². The van der Waals surface area contributed by atoms with Gasteiger partial charge in [0.1, 0.15) is 11.5 Å². The van der Waals surface area contributed by atoms with Gasteiger partial charge >= 0.3 is 0 Å². The van der Waals surface area contributed by atoms with E-state index in [1.807, 2.05) is 30.3 Å². The molecule has 4 N–H and O–H groups in total. The fraction of sp³-hybridized carbons (Fsp3) is 0. The van der Waals surface area contributed by atoms with E-state index in [1.165, 1.54) is 12.3 Å². The molecular formula is C16H14N4O3. The van der Waals surface area contributed by atoms with Gasteiger partial charge in [-0.3, -0.25) is 15.8 Å². The Balaban J connectivity index is 1.79. The van der Waals surface area contributed by atoms with E-state index in [1.54, 1.807) is 18.2 Å². The molecule has 1 aromatic heterocycles. The molecular weight excluding hydrogens is 296 g/mol. The summed E-state index contributed by atoms with van der Waals surface area (Å²) in [7, 11) is 0. The molecule has 2 aromatic carbocycles. The Morgan fingerprint density at radius 1 is 1.00 bits per heavy atom. The Morgan fingerprint density at radius 2 is 1.83 bits per heavy atom. The Kier molecular flexibility index (Phi) is 4.05. The van der Waals surface area contributed by atoms with Gasteiger partial charge in [-0.25, -0.2) is 4.98 Å². The van der Waals surface area contributed by atoms with Crippen LogP contribution in [-0.4, -0.2) is 26.7 Å². The number of hydrogen-bond acceptors (Lipinski definition) is 7. The van der Waals surface area contributed by atoms with E-state index in [-0.39, 0.29) is 16.7 Å². The number of aromatic hydroxyl groups is 1. The average molecular weight is 310 g/mol. The van der Waals surface area contributed by atoms with Gasteiger partial charge in [-0.2, -0.15) is 5.10 Å². The zero-order chi connectivity index (χ0) is 16.2. The zero-order valence-electron chi connectivity index (χ0n) is 12.0. The number of hydrogen-bond donors (Lipinski definition) is 4. The minimum absolute atomic E-state index is 0.141. The fourth-order valence-electron chi connectivity index (χ4n) is 2.11. The molecule has 0 saturated carbocycles. The van der Waals surface area contributed by atoms with Gasteiger partial charge in [0, 0.05) is 10.9 Å². The highest BCUT2D eigenvalue weighted by Gasteiger charge is 2.09. The molecule has 0 fully saturated rings. The van der Waals surface area contributed by atoms with Crippen molar-refractivity contribution in [1.29, 1.82) is 0 Å². The first-order valence-corrected chi connectivity index (χ1v) is 6.80. The van der Waals surface area contributed by atoms with Gasteiger partial charge < -0.3 is 5.11 Å². The van der Waals surface area contributed by atoms with E-state index < -0.39 is 0 Å². The van der Waals surface area contributed by atoms with Gasteiger partial charge in [0.15, 0.2) is 5.75 Å². The van der Waals surface area contributed by atoms with E-state index >= 15 is 0 Å². The van der Waals surface area contributed by atoms with Gasteiger partial charge in [-0.1, -0.05) is 24.3 Å². The standard InChI is InChI=1S/C16H14N4O3/c21-16-12(5-3-7-14(16)20(22)23)10-17-19-15-9-8-11-4-1-2-6-13(11)18-15/h1-10,21-23H,(H,18,19)/b17-10+. The predicted octanol–water partition coefficient (Wildman–Crippen LogP) is 2.97. The number of rotatable bonds is 4. The maximum Gasteiger partial charge on any atom is 0.152 e. The van der Waals surface area contributed by atoms with Crippen LogP contribution in [0.4, 0.5) is 11.5 Å². The largest absolute Gasteiger partial charge is 0.505 e. The van der Waals surface area contributed by atoms with Crippen LogP contribution in [0.1, 0.15) is 5.56 Å². The number of hydrazone groups is 1. The third kappa shape index (κ3) is 3.20. The fourth-order valence-corrected chi connectivity index (χ4v) is 2.11. The van der Waals surface area contributed by atoms with Crippen molar-refractivity contribution in [1.82, 2.24) is 4.98 Å². The molecule has 1 heterocycles. The Hall–Kier alpha value is -3.16. The molecule has 3 aromatic rings. The molecule has 23 heavy (non-hydrogen) atoms. The van der Waals surface area contributed by atoms with Gasteiger partial charge in [0.25, 0.3) is 0 Å². The van der Waals surface area contributed by atoms with Crippen molar-refractivity contribution in [2.45, 2.75) is 0 Å². The molecule has 0 spiro atoms. The minimum atomic E-state index is -0.297. The third-order valence-electron chi connectivity index (χ3n) is 3.24. The number of benzene rings is 2. The first-order chi connectivity index (χ1) is 11.1. The monoisotopic (exact) mass is 310 g/mol. The van der Waals surface area contributed by atoms with Crippen LogP contribution in [0.5, 0.6) is 5.75 Å². The SMILES string of the molecule is Oc1c(/C=N/Nc2ccc3ccccc3n2)cccc1N(O)O. The minimum Gasteiger partial charge on any atom is -0.505 e. The number of phenolic OH excluding ortho intramolecular Hbond substituents is 1. The summed E-state index contributed by atoms with van der Waals surface area (Å²) in [5.74, 6) is 0.260. The maximum atomic E-state index is 9.90. The first kappa shape index (κ1) is 14.8. The summed E-state index contributed by atoms with van der Waals surface area (Å²) in [5.41, 5.74) is 3.79. The highest BCUT2D eigenvalue weighted by Crippen LogP contribution is 2.28. The molecule has 0 aliphatic heterocycles. The van der Waals surface area contributed by atoms with Crippen molar-refractivity contribution >= 4 is 28.6 Å². The lowest BCUT2D eigenvalue weighted by atomic mass is 10.2. The lowest BCUT2D eigenvalue weighted by Crippen LogP contribution is -2.11. The highest BCUT2D eigenvalue weighted by molar-refractivity contribution is 5.87. The normalized spacial score (nSPS) is 11.0. The second-order valence-corrected chi connectivity index (χ2v) is 4.76. The number of para-hydroxylation sites is 2. The summed E-state index contributed by atoms with van der Waals surface area (Å²) < 4.78 is 0. The number of aromatic nitrogens is 1. The highest BCUT2D eigenvalue weighted by atomic mass is 16.8. The van der Waals surface area contributed by atoms with Crippen molar-refractivity contribution in [2.24, 2.45) is 5.10 Å². The van der Waals surface area contributed by atoms with Crippen molar-refractivity contribution in [2.75, 3.05) is 10.7 Å². The van der Waals surface area contributed by atoms with Crippen LogP contribution in [-0.2, 0) is 0 Å². The second kappa shape index (κ2) is 6.30. The van der Waals surface area contributed by atoms with Crippen LogP contribution in [0.2, 0.25) is 0 Å². The summed E-state index contributed by atoms with van der Waals surface area (Å²) in [6, 6.07) is 15.9. The van der Waals surface area contributed by atoms with E-state index in [2.05, 4.69) is 15.5 Å². The van der Waals surface area contributed by atoms with Crippen molar-refractivity contribution < 1.29 is 15.5 Å². The predicted molar refractivity (Wildman–Crippen MR) is 87.1 cm³/mol. The van der Waals surface area contributed by atoms with Crippen LogP contribution < -0.4 is 10.7 Å². The number of anilines is 2. The Bertz CT molecular complexity index is 865. The number of fused-ring (bicyclic) bond motifs is 1. The second-order valence-electron chi connectivity index (χ2n) is 4.76. The first-order valence-electron chi connectivity index (χ1n) is 6.80. The molecule has 0 amide bonds. The summed E-state index contributed by atoms with van der Waals surface area (Å²) >= 11 is 0. The quantitative estimate of drug-likeness (QED) is 0.436. The molecule has 7 nitrogen and oxygen atoms in total. The number of nitrogens with zero attached hydrogens (tertiary/aromatic N) is 3. The van der Waals surface area contributed by atoms with Gasteiger partial charge in [-0.15, -0.1) is 5.23 Å². The number of nitrogens with one attached hydrogen (secondary N) is 1. The molecule has 7 heteroatoms. The molecule has 0 unspecified atom stereocenters. The molecule has 0 aliphatic rings. The average Bonchev–Trinajstić information content (AvgIpc) is 2.56. The van der Waals surface area contributed by atoms with E-state index in [9.17, 15) is 5.11 Å². The topological polar surface area (TPSA) is 101 Å². The van der Waals surface area contributed by atoms with E-state index in [0.717, 1.165) is 10.9 Å². The van der Waals surface area contributed by atoms with Crippen LogP contribution in [0.15, 0.2) is 59.7 Å².